The fourth-order valence-electron chi connectivity index (χ4n) is 2.00. The summed E-state index contributed by atoms with van der Waals surface area (Å²) < 4.78 is 10.7. The first-order valence-electron chi connectivity index (χ1n) is 5.65. The topological polar surface area (TPSA) is 57.4 Å². The second-order valence-electron chi connectivity index (χ2n) is 4.14. The van der Waals surface area contributed by atoms with Crippen LogP contribution in [-0.4, -0.2) is 24.8 Å². The van der Waals surface area contributed by atoms with Crippen LogP contribution in [0.15, 0.2) is 18.5 Å². The SMILES string of the molecule is COc1cncc(C(N)CC2CCCO2)c1. The van der Waals surface area contributed by atoms with Crippen molar-refractivity contribution in [2.24, 2.45) is 5.73 Å². The zero-order valence-corrected chi connectivity index (χ0v) is 9.56. The van der Waals surface area contributed by atoms with Crippen LogP contribution in [0.25, 0.3) is 0 Å². The van der Waals surface area contributed by atoms with Gasteiger partial charge in [0.15, 0.2) is 0 Å². The molecule has 0 spiro atoms. The van der Waals surface area contributed by atoms with E-state index in [0.717, 1.165) is 37.2 Å². The normalized spacial score (nSPS) is 22.0. The van der Waals surface area contributed by atoms with Crippen molar-refractivity contribution in [2.45, 2.75) is 31.4 Å². The highest BCUT2D eigenvalue weighted by atomic mass is 16.5. The lowest BCUT2D eigenvalue weighted by Crippen LogP contribution is -2.18. The summed E-state index contributed by atoms with van der Waals surface area (Å²) >= 11 is 0. The summed E-state index contributed by atoms with van der Waals surface area (Å²) in [4.78, 5) is 4.11. The third-order valence-corrected chi connectivity index (χ3v) is 2.94. The molecule has 4 nitrogen and oxygen atoms in total. The van der Waals surface area contributed by atoms with Gasteiger partial charge in [-0.25, -0.2) is 0 Å². The largest absolute Gasteiger partial charge is 0.495 e. The van der Waals surface area contributed by atoms with Crippen LogP contribution in [0.5, 0.6) is 5.75 Å². The Labute approximate surface area is 95.8 Å². The molecule has 0 bridgehead atoms. The summed E-state index contributed by atoms with van der Waals surface area (Å²) in [6.45, 7) is 0.869. The molecule has 2 heterocycles. The van der Waals surface area contributed by atoms with Gasteiger partial charge in [0.25, 0.3) is 0 Å². The highest BCUT2D eigenvalue weighted by Gasteiger charge is 2.19. The third kappa shape index (κ3) is 2.71. The third-order valence-electron chi connectivity index (χ3n) is 2.94. The molecule has 2 N–H and O–H groups in total. The van der Waals surface area contributed by atoms with Crippen molar-refractivity contribution in [1.29, 1.82) is 0 Å². The van der Waals surface area contributed by atoms with Gasteiger partial charge in [-0.1, -0.05) is 0 Å². The smallest absolute Gasteiger partial charge is 0.137 e. The summed E-state index contributed by atoms with van der Waals surface area (Å²) in [5.41, 5.74) is 7.13. The molecule has 2 atom stereocenters. The number of rotatable bonds is 4. The van der Waals surface area contributed by atoms with Gasteiger partial charge in [0.1, 0.15) is 5.75 Å². The van der Waals surface area contributed by atoms with E-state index in [9.17, 15) is 0 Å². The molecule has 2 rings (SSSR count). The van der Waals surface area contributed by atoms with Crippen molar-refractivity contribution in [2.75, 3.05) is 13.7 Å². The van der Waals surface area contributed by atoms with Gasteiger partial charge < -0.3 is 15.2 Å². The first kappa shape index (κ1) is 11.4. The highest BCUT2D eigenvalue weighted by molar-refractivity contribution is 5.25. The summed E-state index contributed by atoms with van der Waals surface area (Å²) in [5.74, 6) is 0.750. The Balaban J connectivity index is 1.98. The van der Waals surface area contributed by atoms with Crippen LogP contribution in [0.3, 0.4) is 0 Å². The molecule has 1 aliphatic heterocycles. The van der Waals surface area contributed by atoms with E-state index in [1.807, 2.05) is 6.07 Å². The van der Waals surface area contributed by atoms with Crippen molar-refractivity contribution in [1.82, 2.24) is 4.98 Å². The van der Waals surface area contributed by atoms with Gasteiger partial charge in [0.2, 0.25) is 0 Å². The Bertz CT molecular complexity index is 338. The average Bonchev–Trinajstić information content (AvgIpc) is 2.82. The molecule has 0 aromatic carbocycles. The van der Waals surface area contributed by atoms with E-state index in [1.165, 1.54) is 0 Å². The number of ether oxygens (including phenoxy) is 2. The Kier molecular flexibility index (Phi) is 3.74. The number of aromatic nitrogens is 1. The van der Waals surface area contributed by atoms with Crippen molar-refractivity contribution in [3.63, 3.8) is 0 Å². The van der Waals surface area contributed by atoms with E-state index < -0.39 is 0 Å². The van der Waals surface area contributed by atoms with E-state index in [0.29, 0.717) is 6.10 Å². The molecule has 1 saturated heterocycles. The first-order valence-corrected chi connectivity index (χ1v) is 5.65. The molecular weight excluding hydrogens is 204 g/mol. The molecule has 0 saturated carbocycles. The number of methoxy groups -OCH3 is 1. The predicted octanol–water partition coefficient (Wildman–Crippen LogP) is 1.66. The van der Waals surface area contributed by atoms with Gasteiger partial charge in [-0.3, -0.25) is 4.98 Å². The summed E-state index contributed by atoms with van der Waals surface area (Å²) in [6.07, 6.45) is 6.90. The molecule has 16 heavy (non-hydrogen) atoms. The first-order chi connectivity index (χ1) is 7.79. The Hall–Kier alpha value is -1.13. The number of hydrogen-bond donors (Lipinski definition) is 1. The zero-order valence-electron chi connectivity index (χ0n) is 9.56. The number of pyridine rings is 1. The zero-order chi connectivity index (χ0) is 11.4. The van der Waals surface area contributed by atoms with Crippen LogP contribution < -0.4 is 10.5 Å². The number of nitrogens with two attached hydrogens (primary N) is 1. The lowest BCUT2D eigenvalue weighted by Gasteiger charge is -2.16. The van der Waals surface area contributed by atoms with E-state index in [2.05, 4.69) is 4.98 Å². The van der Waals surface area contributed by atoms with E-state index in [-0.39, 0.29) is 6.04 Å². The fraction of sp³-hybridized carbons (Fsp3) is 0.583. The van der Waals surface area contributed by atoms with Gasteiger partial charge >= 0.3 is 0 Å². The molecule has 88 valence electrons. The monoisotopic (exact) mass is 222 g/mol. The second-order valence-corrected chi connectivity index (χ2v) is 4.14. The van der Waals surface area contributed by atoms with E-state index in [4.69, 9.17) is 15.2 Å². The minimum atomic E-state index is -0.0225. The van der Waals surface area contributed by atoms with Gasteiger partial charge in [-0.05, 0) is 30.9 Å². The fourth-order valence-corrected chi connectivity index (χ4v) is 2.00. The average molecular weight is 222 g/mol. The maximum atomic E-state index is 6.12. The molecule has 2 unspecified atom stereocenters. The Morgan fingerprint density at radius 2 is 2.50 bits per heavy atom. The van der Waals surface area contributed by atoms with Crippen LogP contribution in [0.1, 0.15) is 30.9 Å². The van der Waals surface area contributed by atoms with Crippen LogP contribution in [-0.2, 0) is 4.74 Å². The van der Waals surface area contributed by atoms with Gasteiger partial charge in [-0.2, -0.15) is 0 Å². The Morgan fingerprint density at radius 1 is 1.62 bits per heavy atom. The Morgan fingerprint density at radius 3 is 3.19 bits per heavy atom. The van der Waals surface area contributed by atoms with Gasteiger partial charge in [-0.15, -0.1) is 0 Å². The van der Waals surface area contributed by atoms with Crippen molar-refractivity contribution in [3.8, 4) is 5.75 Å². The quantitative estimate of drug-likeness (QED) is 0.841. The molecule has 1 aliphatic rings. The minimum Gasteiger partial charge on any atom is -0.495 e. The van der Waals surface area contributed by atoms with Crippen LogP contribution in [0.4, 0.5) is 0 Å². The lowest BCUT2D eigenvalue weighted by atomic mass is 10.0. The van der Waals surface area contributed by atoms with Gasteiger partial charge in [0, 0.05) is 18.8 Å². The molecule has 4 heteroatoms. The minimum absolute atomic E-state index is 0.0225. The lowest BCUT2D eigenvalue weighted by molar-refractivity contribution is 0.0983. The van der Waals surface area contributed by atoms with Crippen molar-refractivity contribution >= 4 is 0 Å². The van der Waals surface area contributed by atoms with Crippen LogP contribution in [0, 0.1) is 0 Å². The molecular formula is C12H18N2O2. The maximum absolute atomic E-state index is 6.12. The predicted molar refractivity (Wildman–Crippen MR) is 61.3 cm³/mol. The van der Waals surface area contributed by atoms with Crippen LogP contribution >= 0.6 is 0 Å². The molecule has 0 aliphatic carbocycles. The van der Waals surface area contributed by atoms with Gasteiger partial charge in [0.05, 0.1) is 19.4 Å². The maximum Gasteiger partial charge on any atom is 0.137 e. The summed E-state index contributed by atoms with van der Waals surface area (Å²) in [5, 5.41) is 0. The second kappa shape index (κ2) is 5.27. The van der Waals surface area contributed by atoms with E-state index in [1.54, 1.807) is 19.5 Å². The van der Waals surface area contributed by atoms with Crippen molar-refractivity contribution < 1.29 is 9.47 Å². The van der Waals surface area contributed by atoms with E-state index >= 15 is 0 Å². The molecule has 0 amide bonds. The molecule has 0 radical (unpaired) electrons. The van der Waals surface area contributed by atoms with Crippen LogP contribution in [0.2, 0.25) is 0 Å². The molecule has 1 aromatic rings. The molecule has 1 aromatic heterocycles. The molecule has 1 fully saturated rings. The highest BCUT2D eigenvalue weighted by Crippen LogP contribution is 2.24. The van der Waals surface area contributed by atoms with Crippen molar-refractivity contribution in [3.05, 3.63) is 24.0 Å². The summed E-state index contributed by atoms with van der Waals surface area (Å²) in [7, 11) is 1.63. The standard InChI is InChI=1S/C12H18N2O2/c1-15-11-5-9(7-14-8-11)12(13)6-10-3-2-4-16-10/h5,7-8,10,12H,2-4,6,13H2,1H3. The number of nitrogens with zero attached hydrogens (tertiary/aromatic N) is 1. The summed E-state index contributed by atoms with van der Waals surface area (Å²) in [6, 6.07) is 1.91. The number of hydrogen-bond acceptors (Lipinski definition) is 4.